The molecule has 0 aromatic carbocycles. The number of hydrogen-bond acceptors (Lipinski definition) is 2. The van der Waals surface area contributed by atoms with Crippen LogP contribution in [0.3, 0.4) is 0 Å². The van der Waals surface area contributed by atoms with E-state index in [1.165, 1.54) is 0 Å². The first-order valence-corrected chi connectivity index (χ1v) is 4.34. The minimum absolute atomic E-state index is 0.121. The lowest BCUT2D eigenvalue weighted by Gasteiger charge is -2.32. The maximum absolute atomic E-state index is 11.3. The second kappa shape index (κ2) is 3.44. The molecule has 0 unspecified atom stereocenters. The van der Waals surface area contributed by atoms with Gasteiger partial charge in [-0.1, -0.05) is 20.8 Å². The summed E-state index contributed by atoms with van der Waals surface area (Å²) in [5.41, 5.74) is 0.188. The van der Waals surface area contributed by atoms with Crippen LogP contribution >= 0.6 is 0 Å². The van der Waals surface area contributed by atoms with Gasteiger partial charge in [-0.2, -0.15) is 0 Å². The van der Waals surface area contributed by atoms with Gasteiger partial charge in [-0.25, -0.2) is 0 Å². The van der Waals surface area contributed by atoms with Crippen LogP contribution in [-0.4, -0.2) is 37.1 Å². The first-order valence-electron chi connectivity index (χ1n) is 4.34. The number of carbonyl (C=O) groups is 1. The number of nitrogens with zero attached hydrogens (tertiary/aromatic N) is 1. The predicted octanol–water partition coefficient (Wildman–Crippen LogP) is 0.891. The molecule has 1 rings (SSSR count). The summed E-state index contributed by atoms with van der Waals surface area (Å²) in [4.78, 5) is 13.2. The SMILES string of the molecule is CC(C)(C)CN1CCOCC1=O. The first-order chi connectivity index (χ1) is 5.49. The third-order valence-electron chi connectivity index (χ3n) is 1.75. The van der Waals surface area contributed by atoms with Gasteiger partial charge in [0.15, 0.2) is 0 Å². The molecule has 0 aliphatic carbocycles. The molecule has 1 aliphatic heterocycles. The molecule has 70 valence electrons. The standard InChI is InChI=1S/C9H17NO2/c1-9(2,3)7-10-4-5-12-6-8(10)11/h4-7H2,1-3H3. The van der Waals surface area contributed by atoms with E-state index in [1.807, 2.05) is 4.90 Å². The Hall–Kier alpha value is -0.570. The number of amides is 1. The molecule has 1 saturated heterocycles. The van der Waals surface area contributed by atoms with Crippen molar-refractivity contribution in [1.82, 2.24) is 4.90 Å². The van der Waals surface area contributed by atoms with Crippen LogP contribution in [-0.2, 0) is 9.53 Å². The first kappa shape index (κ1) is 9.52. The predicted molar refractivity (Wildman–Crippen MR) is 46.9 cm³/mol. The molecule has 12 heavy (non-hydrogen) atoms. The Morgan fingerprint density at radius 2 is 2.17 bits per heavy atom. The van der Waals surface area contributed by atoms with Crippen molar-refractivity contribution >= 4 is 5.91 Å². The normalized spacial score (nSPS) is 19.9. The number of rotatable bonds is 1. The minimum atomic E-state index is 0.121. The maximum atomic E-state index is 11.3. The summed E-state index contributed by atoms with van der Waals surface area (Å²) in [6.07, 6.45) is 0. The molecule has 0 saturated carbocycles. The van der Waals surface area contributed by atoms with E-state index >= 15 is 0 Å². The second-order valence-corrected chi connectivity index (χ2v) is 4.43. The molecular formula is C9H17NO2. The van der Waals surface area contributed by atoms with E-state index in [0.717, 1.165) is 13.1 Å². The molecule has 0 N–H and O–H groups in total. The molecular weight excluding hydrogens is 154 g/mol. The van der Waals surface area contributed by atoms with E-state index in [0.29, 0.717) is 6.61 Å². The van der Waals surface area contributed by atoms with Crippen molar-refractivity contribution in [2.24, 2.45) is 5.41 Å². The van der Waals surface area contributed by atoms with Gasteiger partial charge in [-0.15, -0.1) is 0 Å². The second-order valence-electron chi connectivity index (χ2n) is 4.43. The third-order valence-corrected chi connectivity index (χ3v) is 1.75. The Bertz CT molecular complexity index is 172. The van der Waals surface area contributed by atoms with Crippen LogP contribution in [0.5, 0.6) is 0 Å². The van der Waals surface area contributed by atoms with Gasteiger partial charge >= 0.3 is 0 Å². The molecule has 0 atom stereocenters. The molecule has 1 aliphatic rings. The fourth-order valence-corrected chi connectivity index (χ4v) is 1.29. The summed E-state index contributed by atoms with van der Waals surface area (Å²) >= 11 is 0. The summed E-state index contributed by atoms with van der Waals surface area (Å²) in [7, 11) is 0. The van der Waals surface area contributed by atoms with Crippen LogP contribution in [0, 0.1) is 5.41 Å². The van der Waals surface area contributed by atoms with Gasteiger partial charge in [0, 0.05) is 13.1 Å². The number of ether oxygens (including phenoxy) is 1. The van der Waals surface area contributed by atoms with Gasteiger partial charge < -0.3 is 9.64 Å². The van der Waals surface area contributed by atoms with E-state index in [1.54, 1.807) is 0 Å². The van der Waals surface area contributed by atoms with E-state index in [-0.39, 0.29) is 17.9 Å². The lowest BCUT2D eigenvalue weighted by Crippen LogP contribution is -2.45. The van der Waals surface area contributed by atoms with Crippen molar-refractivity contribution < 1.29 is 9.53 Å². The summed E-state index contributed by atoms with van der Waals surface area (Å²) in [6.45, 7) is 8.92. The Labute approximate surface area is 73.7 Å². The number of hydrogen-bond donors (Lipinski definition) is 0. The highest BCUT2D eigenvalue weighted by molar-refractivity contribution is 5.78. The Morgan fingerprint density at radius 3 is 2.67 bits per heavy atom. The van der Waals surface area contributed by atoms with Gasteiger partial charge in [-0.3, -0.25) is 4.79 Å². The van der Waals surface area contributed by atoms with Crippen LogP contribution in [0.1, 0.15) is 20.8 Å². The quantitative estimate of drug-likeness (QED) is 0.586. The molecule has 3 nitrogen and oxygen atoms in total. The lowest BCUT2D eigenvalue weighted by molar-refractivity contribution is -0.144. The van der Waals surface area contributed by atoms with Crippen LogP contribution in [0.4, 0.5) is 0 Å². The summed E-state index contributed by atoms with van der Waals surface area (Å²) in [5.74, 6) is 0.121. The van der Waals surface area contributed by atoms with Crippen LogP contribution in [0.2, 0.25) is 0 Å². The highest BCUT2D eigenvalue weighted by Gasteiger charge is 2.23. The van der Waals surface area contributed by atoms with E-state index in [9.17, 15) is 4.79 Å². The van der Waals surface area contributed by atoms with Crippen LogP contribution < -0.4 is 0 Å². The van der Waals surface area contributed by atoms with Crippen molar-refractivity contribution in [3.05, 3.63) is 0 Å². The fourth-order valence-electron chi connectivity index (χ4n) is 1.29. The lowest BCUT2D eigenvalue weighted by atomic mass is 9.96. The van der Waals surface area contributed by atoms with Gasteiger partial charge in [0.05, 0.1) is 6.61 Å². The molecule has 0 bridgehead atoms. The number of morpholine rings is 1. The maximum Gasteiger partial charge on any atom is 0.248 e. The van der Waals surface area contributed by atoms with Crippen LogP contribution in [0.25, 0.3) is 0 Å². The fraction of sp³-hybridized carbons (Fsp3) is 0.889. The van der Waals surface area contributed by atoms with Gasteiger partial charge in [-0.05, 0) is 5.41 Å². The molecule has 1 fully saturated rings. The van der Waals surface area contributed by atoms with E-state index in [4.69, 9.17) is 4.74 Å². The highest BCUT2D eigenvalue weighted by atomic mass is 16.5. The zero-order valence-corrected chi connectivity index (χ0v) is 8.09. The molecule has 0 radical (unpaired) electrons. The topological polar surface area (TPSA) is 29.5 Å². The van der Waals surface area contributed by atoms with E-state index in [2.05, 4.69) is 20.8 Å². The van der Waals surface area contributed by atoms with E-state index < -0.39 is 0 Å². The third kappa shape index (κ3) is 2.81. The molecule has 0 aromatic rings. The molecule has 1 amide bonds. The zero-order chi connectivity index (χ0) is 9.19. The summed E-state index contributed by atoms with van der Waals surface area (Å²) < 4.78 is 5.04. The van der Waals surface area contributed by atoms with Gasteiger partial charge in [0.2, 0.25) is 5.91 Å². The summed E-state index contributed by atoms with van der Waals surface area (Å²) in [6, 6.07) is 0. The molecule has 0 aromatic heterocycles. The molecule has 1 heterocycles. The van der Waals surface area contributed by atoms with Crippen molar-refractivity contribution in [3.63, 3.8) is 0 Å². The van der Waals surface area contributed by atoms with Crippen LogP contribution in [0.15, 0.2) is 0 Å². The van der Waals surface area contributed by atoms with Crippen molar-refractivity contribution in [1.29, 1.82) is 0 Å². The smallest absolute Gasteiger partial charge is 0.248 e. The molecule has 3 heteroatoms. The highest BCUT2D eigenvalue weighted by Crippen LogP contribution is 2.16. The monoisotopic (exact) mass is 171 g/mol. The van der Waals surface area contributed by atoms with Crippen molar-refractivity contribution in [2.75, 3.05) is 26.3 Å². The Morgan fingerprint density at radius 1 is 1.50 bits per heavy atom. The molecule has 0 spiro atoms. The minimum Gasteiger partial charge on any atom is -0.370 e. The Balaban J connectivity index is 2.45. The van der Waals surface area contributed by atoms with Crippen molar-refractivity contribution in [3.8, 4) is 0 Å². The zero-order valence-electron chi connectivity index (χ0n) is 8.09. The average Bonchev–Trinajstić information content (AvgIpc) is 1.91. The van der Waals surface area contributed by atoms with Crippen molar-refractivity contribution in [2.45, 2.75) is 20.8 Å². The Kier molecular flexibility index (Phi) is 2.73. The largest absolute Gasteiger partial charge is 0.370 e. The van der Waals surface area contributed by atoms with Gasteiger partial charge in [0.1, 0.15) is 6.61 Å². The summed E-state index contributed by atoms with van der Waals surface area (Å²) in [5, 5.41) is 0. The number of carbonyl (C=O) groups excluding carboxylic acids is 1. The van der Waals surface area contributed by atoms with Gasteiger partial charge in [0.25, 0.3) is 0 Å². The average molecular weight is 171 g/mol.